The molecular weight excluding hydrogens is 391 g/mol. The summed E-state index contributed by atoms with van der Waals surface area (Å²) in [5.74, 6) is 0. The molecule has 150 valence electrons. The molecule has 3 nitrogen and oxygen atoms in total. The van der Waals surface area contributed by atoms with Crippen molar-refractivity contribution in [1.29, 1.82) is 0 Å². The predicted molar refractivity (Wildman–Crippen MR) is 120 cm³/mol. The number of aromatic nitrogens is 1. The number of halogens is 2. The van der Waals surface area contributed by atoms with E-state index in [0.717, 1.165) is 42.0 Å². The van der Waals surface area contributed by atoms with Gasteiger partial charge in [0, 0.05) is 46.2 Å². The third-order valence-electron chi connectivity index (χ3n) is 5.65. The fourth-order valence-electron chi connectivity index (χ4n) is 4.11. The van der Waals surface area contributed by atoms with Gasteiger partial charge in [-0.2, -0.15) is 0 Å². The SMILES string of the molecule is C.CN1CCc2c(n(CC(C)(O)c3ccc(Cl)cc3)c3ccc(Cl)cc23)CC1. The van der Waals surface area contributed by atoms with Crippen LogP contribution in [-0.2, 0) is 25.0 Å². The zero-order valence-corrected chi connectivity index (χ0v) is 17.2. The molecule has 0 saturated carbocycles. The molecule has 5 heteroatoms. The largest absolute Gasteiger partial charge is 0.384 e. The Labute approximate surface area is 177 Å². The number of nitrogens with zero attached hydrogens (tertiary/aromatic N) is 2. The summed E-state index contributed by atoms with van der Waals surface area (Å²) >= 11 is 12.3. The summed E-state index contributed by atoms with van der Waals surface area (Å²) in [6, 6.07) is 13.5. The first kappa shape index (κ1) is 21.2. The molecule has 1 aromatic heterocycles. The topological polar surface area (TPSA) is 28.4 Å². The van der Waals surface area contributed by atoms with Crippen molar-refractivity contribution < 1.29 is 5.11 Å². The maximum absolute atomic E-state index is 11.3. The normalized spacial score (nSPS) is 16.9. The summed E-state index contributed by atoms with van der Waals surface area (Å²) in [4.78, 5) is 2.36. The van der Waals surface area contributed by atoms with Gasteiger partial charge >= 0.3 is 0 Å². The molecule has 0 fully saturated rings. The van der Waals surface area contributed by atoms with Crippen LogP contribution in [0.5, 0.6) is 0 Å². The van der Waals surface area contributed by atoms with Crippen LogP contribution in [0.1, 0.15) is 31.2 Å². The Bertz CT molecular complexity index is 976. The highest BCUT2D eigenvalue weighted by molar-refractivity contribution is 6.31. The minimum Gasteiger partial charge on any atom is -0.384 e. The second-order valence-electron chi connectivity index (χ2n) is 7.76. The molecule has 28 heavy (non-hydrogen) atoms. The maximum atomic E-state index is 11.3. The van der Waals surface area contributed by atoms with Gasteiger partial charge in [0.2, 0.25) is 0 Å². The van der Waals surface area contributed by atoms with Crippen LogP contribution in [-0.4, -0.2) is 34.7 Å². The molecule has 2 aromatic carbocycles. The fraction of sp³-hybridized carbons (Fsp3) is 0.391. The Balaban J connectivity index is 0.00000225. The van der Waals surface area contributed by atoms with Gasteiger partial charge in [-0.05, 0) is 61.9 Å². The number of aliphatic hydroxyl groups is 1. The Morgan fingerprint density at radius 3 is 2.36 bits per heavy atom. The van der Waals surface area contributed by atoms with Gasteiger partial charge in [-0.3, -0.25) is 0 Å². The van der Waals surface area contributed by atoms with Gasteiger partial charge in [-0.25, -0.2) is 0 Å². The molecule has 1 aliphatic heterocycles. The first-order valence-electron chi connectivity index (χ1n) is 9.31. The third-order valence-corrected chi connectivity index (χ3v) is 6.14. The van der Waals surface area contributed by atoms with Crippen molar-refractivity contribution in [2.45, 2.75) is 39.3 Å². The third kappa shape index (κ3) is 3.95. The summed E-state index contributed by atoms with van der Waals surface area (Å²) in [5, 5.41) is 13.9. The van der Waals surface area contributed by atoms with Crippen LogP contribution in [0, 0.1) is 0 Å². The second-order valence-corrected chi connectivity index (χ2v) is 8.63. The quantitative estimate of drug-likeness (QED) is 0.605. The summed E-state index contributed by atoms with van der Waals surface area (Å²) in [7, 11) is 2.16. The Morgan fingerprint density at radius 1 is 1.00 bits per heavy atom. The molecule has 0 aliphatic carbocycles. The number of rotatable bonds is 3. The van der Waals surface area contributed by atoms with E-state index in [1.165, 1.54) is 16.6 Å². The Hall–Kier alpha value is -1.52. The van der Waals surface area contributed by atoms with Gasteiger partial charge in [0.1, 0.15) is 5.60 Å². The van der Waals surface area contributed by atoms with E-state index in [9.17, 15) is 5.11 Å². The van der Waals surface area contributed by atoms with E-state index < -0.39 is 5.60 Å². The lowest BCUT2D eigenvalue weighted by atomic mass is 9.95. The summed E-state index contributed by atoms with van der Waals surface area (Å²) in [5.41, 5.74) is 3.68. The molecule has 1 N–H and O–H groups in total. The molecule has 0 amide bonds. The van der Waals surface area contributed by atoms with Crippen molar-refractivity contribution in [2.24, 2.45) is 0 Å². The monoisotopic (exact) mass is 418 g/mol. The minimum atomic E-state index is -0.998. The smallest absolute Gasteiger partial charge is 0.105 e. The van der Waals surface area contributed by atoms with Gasteiger partial charge in [0.25, 0.3) is 0 Å². The van der Waals surface area contributed by atoms with Crippen LogP contribution < -0.4 is 0 Å². The van der Waals surface area contributed by atoms with Crippen LogP contribution in [0.3, 0.4) is 0 Å². The first-order valence-corrected chi connectivity index (χ1v) is 10.1. The average molecular weight is 419 g/mol. The average Bonchev–Trinajstić information content (AvgIpc) is 2.76. The van der Waals surface area contributed by atoms with Gasteiger partial charge in [-0.1, -0.05) is 42.8 Å². The van der Waals surface area contributed by atoms with Gasteiger partial charge in [0.05, 0.1) is 6.54 Å². The highest BCUT2D eigenvalue weighted by Crippen LogP contribution is 2.34. The van der Waals surface area contributed by atoms with Crippen molar-refractivity contribution in [3.05, 3.63) is 69.3 Å². The zero-order valence-electron chi connectivity index (χ0n) is 15.7. The van der Waals surface area contributed by atoms with E-state index in [2.05, 4.69) is 28.6 Å². The lowest BCUT2D eigenvalue weighted by Crippen LogP contribution is -2.29. The van der Waals surface area contributed by atoms with Crippen LogP contribution in [0.25, 0.3) is 10.9 Å². The van der Waals surface area contributed by atoms with Gasteiger partial charge in [-0.15, -0.1) is 0 Å². The van der Waals surface area contributed by atoms with Crippen molar-refractivity contribution in [1.82, 2.24) is 9.47 Å². The zero-order chi connectivity index (χ0) is 19.2. The van der Waals surface area contributed by atoms with E-state index in [1.54, 1.807) is 0 Å². The summed E-state index contributed by atoms with van der Waals surface area (Å²) in [6.07, 6.45) is 1.97. The molecular formula is C23H28Cl2N2O. The molecule has 0 radical (unpaired) electrons. The molecule has 1 unspecified atom stereocenters. The fourth-order valence-corrected chi connectivity index (χ4v) is 4.41. The lowest BCUT2D eigenvalue weighted by molar-refractivity contribution is 0.0388. The van der Waals surface area contributed by atoms with Crippen LogP contribution in [0.2, 0.25) is 10.0 Å². The second kappa shape index (κ2) is 8.08. The van der Waals surface area contributed by atoms with Crippen LogP contribution in [0.15, 0.2) is 42.5 Å². The van der Waals surface area contributed by atoms with Gasteiger partial charge in [0.15, 0.2) is 0 Å². The number of hydrogen-bond acceptors (Lipinski definition) is 2. The van der Waals surface area contributed by atoms with E-state index in [4.69, 9.17) is 23.2 Å². The van der Waals surface area contributed by atoms with E-state index in [1.807, 2.05) is 37.3 Å². The molecule has 0 saturated heterocycles. The molecule has 0 bridgehead atoms. The minimum absolute atomic E-state index is 0. The molecule has 2 heterocycles. The van der Waals surface area contributed by atoms with Crippen LogP contribution in [0.4, 0.5) is 0 Å². The van der Waals surface area contributed by atoms with E-state index in [0.29, 0.717) is 11.6 Å². The highest BCUT2D eigenvalue weighted by Gasteiger charge is 2.28. The summed E-state index contributed by atoms with van der Waals surface area (Å²) < 4.78 is 2.29. The molecule has 4 rings (SSSR count). The van der Waals surface area contributed by atoms with Crippen molar-refractivity contribution in [2.75, 3.05) is 20.1 Å². The first-order chi connectivity index (χ1) is 12.8. The molecule has 1 atom stereocenters. The van der Waals surface area contributed by atoms with Gasteiger partial charge < -0.3 is 14.6 Å². The summed E-state index contributed by atoms with van der Waals surface area (Å²) in [6.45, 7) is 4.41. The molecule has 1 aliphatic rings. The van der Waals surface area contributed by atoms with Crippen LogP contribution >= 0.6 is 23.2 Å². The maximum Gasteiger partial charge on any atom is 0.105 e. The molecule has 3 aromatic rings. The van der Waals surface area contributed by atoms with E-state index in [-0.39, 0.29) is 7.43 Å². The lowest BCUT2D eigenvalue weighted by Gasteiger charge is -2.27. The Kier molecular flexibility index (Phi) is 6.11. The van der Waals surface area contributed by atoms with Crippen molar-refractivity contribution >= 4 is 34.1 Å². The number of fused-ring (bicyclic) bond motifs is 3. The molecule has 0 spiro atoms. The predicted octanol–water partition coefficient (Wildman–Crippen LogP) is 5.52. The van der Waals surface area contributed by atoms with Crippen molar-refractivity contribution in [3.8, 4) is 0 Å². The number of hydrogen-bond donors (Lipinski definition) is 1. The van der Waals surface area contributed by atoms with Crippen molar-refractivity contribution in [3.63, 3.8) is 0 Å². The Morgan fingerprint density at radius 2 is 1.64 bits per heavy atom. The highest BCUT2D eigenvalue weighted by atomic mass is 35.5. The number of benzene rings is 2. The van der Waals surface area contributed by atoms with E-state index >= 15 is 0 Å². The number of likely N-dealkylation sites (N-methyl/N-ethyl adjacent to an activating group) is 1. The standard InChI is InChI=1S/C22H24Cl2N2O.CH4/c1-22(27,15-3-5-16(23)6-4-15)14-26-20-8-7-17(24)13-19(20)18-9-11-25(2)12-10-21(18)26;/h3-8,13,27H,9-12,14H2,1-2H3;1H4.